The molecule has 0 aliphatic rings. The van der Waals surface area contributed by atoms with Crippen LogP contribution in [-0.2, 0) is 0 Å². The molecule has 0 spiro atoms. The Morgan fingerprint density at radius 1 is 0.459 bits per heavy atom. The summed E-state index contributed by atoms with van der Waals surface area (Å²) < 4.78 is 10.0. The largest absolute Gasteiger partial charge is 0.313 e. The zero-order valence-corrected chi connectivity index (χ0v) is 35.7. The molecular weight excluding hydrogens is 779 g/mol. The fourth-order valence-electron chi connectivity index (χ4n) is 10.0. The summed E-state index contributed by atoms with van der Waals surface area (Å²) in [6, 6.07) is 58.3. The molecule has 0 radical (unpaired) electrons. The first kappa shape index (κ1) is 35.9. The van der Waals surface area contributed by atoms with Crippen LogP contribution in [0.15, 0.2) is 175 Å². The molecule has 8 aromatic carbocycles. The van der Waals surface area contributed by atoms with Crippen molar-refractivity contribution in [2.24, 2.45) is 4.99 Å². The van der Waals surface area contributed by atoms with Gasteiger partial charge in [0.1, 0.15) is 0 Å². The number of hydrogen-bond acceptors (Lipinski definition) is 3. The predicted octanol–water partition coefficient (Wildman–Crippen LogP) is 16.6. The molecule has 0 fully saturated rings. The van der Waals surface area contributed by atoms with E-state index in [4.69, 9.17) is 0 Å². The van der Waals surface area contributed by atoms with Gasteiger partial charge in [-0.1, -0.05) is 108 Å². The molecule has 0 atom stereocenters. The molecule has 0 aliphatic heterocycles. The van der Waals surface area contributed by atoms with E-state index < -0.39 is 0 Å². The molecule has 3 nitrogen and oxygen atoms in total. The van der Waals surface area contributed by atoms with Crippen LogP contribution >= 0.6 is 22.7 Å². The van der Waals surface area contributed by atoms with Gasteiger partial charge in [-0.2, -0.15) is 0 Å². The van der Waals surface area contributed by atoms with E-state index in [1.165, 1.54) is 106 Å². The number of aliphatic imine (C=N–C) groups is 1. The molecule has 4 heterocycles. The second-order valence-corrected chi connectivity index (χ2v) is 18.4. The molecule has 5 heteroatoms. The van der Waals surface area contributed by atoms with Gasteiger partial charge in [-0.05, 0) is 116 Å². The number of nitrogens with zero attached hydrogens (tertiary/aromatic N) is 3. The van der Waals surface area contributed by atoms with Crippen LogP contribution in [0.2, 0.25) is 0 Å². The predicted molar refractivity (Wildman–Crippen MR) is 269 cm³/mol. The summed E-state index contributed by atoms with van der Waals surface area (Å²) >= 11 is 3.74. The quantitative estimate of drug-likeness (QED) is 0.118. The molecule has 0 saturated carbocycles. The lowest BCUT2D eigenvalue weighted by atomic mass is 9.95. The maximum atomic E-state index is 4.45. The molecule has 0 aliphatic carbocycles. The van der Waals surface area contributed by atoms with Crippen LogP contribution in [0.3, 0.4) is 0 Å². The van der Waals surface area contributed by atoms with Crippen LogP contribution in [0, 0.1) is 13.8 Å². The Bertz CT molecular complexity index is 3880. The van der Waals surface area contributed by atoms with Crippen molar-refractivity contribution in [3.05, 3.63) is 181 Å². The minimum absolute atomic E-state index is 0.942. The molecule has 61 heavy (non-hydrogen) atoms. The van der Waals surface area contributed by atoms with Gasteiger partial charge in [-0.25, -0.2) is 0 Å². The van der Waals surface area contributed by atoms with Crippen LogP contribution in [-0.4, -0.2) is 15.9 Å². The van der Waals surface area contributed by atoms with Gasteiger partial charge in [0.05, 0.1) is 34.0 Å². The van der Waals surface area contributed by atoms with Crippen LogP contribution < -0.4 is 0 Å². The molecular formula is C56H39N3S2. The van der Waals surface area contributed by atoms with Gasteiger partial charge in [0.2, 0.25) is 0 Å². The summed E-state index contributed by atoms with van der Waals surface area (Å²) in [5.41, 5.74) is 14.1. The first-order valence-corrected chi connectivity index (χ1v) is 22.3. The SMILES string of the molecule is C=N/C=C(\C=C(/C)n1c2ccccc2c2c(-c3cccc4sc5ccc(C)cc5c34)cccc21)n1c2ccccc2c2c(-c3cccc4sc5ccc(C)cc5c34)cccc21. The zero-order valence-electron chi connectivity index (χ0n) is 34.0. The van der Waals surface area contributed by atoms with E-state index in [-0.39, 0.29) is 0 Å². The Labute approximate surface area is 361 Å². The summed E-state index contributed by atoms with van der Waals surface area (Å²) in [6.07, 6.45) is 4.18. The number of para-hydroxylation sites is 2. The lowest BCUT2D eigenvalue weighted by Gasteiger charge is -2.13. The van der Waals surface area contributed by atoms with Crippen molar-refractivity contribution in [1.29, 1.82) is 0 Å². The highest BCUT2D eigenvalue weighted by Crippen LogP contribution is 2.47. The lowest BCUT2D eigenvalue weighted by molar-refractivity contribution is 1.18. The fourth-order valence-corrected chi connectivity index (χ4v) is 12.2. The third-order valence-corrected chi connectivity index (χ3v) is 14.7. The highest BCUT2D eigenvalue weighted by Gasteiger charge is 2.22. The van der Waals surface area contributed by atoms with Gasteiger partial charge >= 0.3 is 0 Å². The molecule has 12 rings (SSSR count). The number of thiophene rings is 2. The molecule has 12 aromatic rings. The minimum atomic E-state index is 0.942. The van der Waals surface area contributed by atoms with Gasteiger partial charge in [-0.15, -0.1) is 22.7 Å². The Morgan fingerprint density at radius 2 is 0.902 bits per heavy atom. The fraction of sp³-hybridized carbons (Fsp3) is 0.0536. The standard InChI is InChI=1S/C56H39N3S2/c1-33-25-27-49-43(29-33)55-39(17-11-23-51(55)60-49)37-15-9-21-47-53(37)41-13-5-7-19-45(41)58(47)35(3)31-36(32-57-4)59-46-20-8-6-14-42(46)54-38(16-10-22-48(54)59)40-18-12-24-52-56(40)44-30-34(2)26-28-50(44)61-52/h5-32H,4H2,1-3H3/b35-31+,36-32+. The van der Waals surface area contributed by atoms with E-state index in [1.54, 1.807) is 0 Å². The molecule has 290 valence electrons. The summed E-state index contributed by atoms with van der Waals surface area (Å²) in [5, 5.41) is 10.2. The maximum Gasteiger partial charge on any atom is 0.0662 e. The number of aromatic nitrogens is 2. The van der Waals surface area contributed by atoms with E-state index in [2.05, 4.69) is 205 Å². The average Bonchev–Trinajstić information content (AvgIpc) is 4.03. The third kappa shape index (κ3) is 5.37. The number of hydrogen-bond donors (Lipinski definition) is 0. The van der Waals surface area contributed by atoms with Crippen molar-refractivity contribution in [1.82, 2.24) is 9.13 Å². The van der Waals surface area contributed by atoms with Crippen molar-refractivity contribution in [3.8, 4) is 22.3 Å². The van der Waals surface area contributed by atoms with Crippen molar-refractivity contribution in [2.45, 2.75) is 20.8 Å². The van der Waals surface area contributed by atoms with Gasteiger partial charge < -0.3 is 9.13 Å². The van der Waals surface area contributed by atoms with Crippen molar-refractivity contribution < 1.29 is 0 Å². The van der Waals surface area contributed by atoms with Crippen molar-refractivity contribution in [2.75, 3.05) is 0 Å². The number of allylic oxidation sites excluding steroid dienone is 3. The Hall–Kier alpha value is -7.05. The third-order valence-electron chi connectivity index (χ3n) is 12.5. The summed E-state index contributed by atoms with van der Waals surface area (Å²) in [6.45, 7) is 10.6. The molecule has 0 saturated heterocycles. The summed E-state index contributed by atoms with van der Waals surface area (Å²) in [5.74, 6) is 0. The zero-order chi connectivity index (χ0) is 40.9. The normalized spacial score (nSPS) is 12.8. The molecule has 0 N–H and O–H groups in total. The molecule has 0 amide bonds. The maximum absolute atomic E-state index is 4.45. The Kier molecular flexibility index (Phi) is 8.08. The highest BCUT2D eigenvalue weighted by atomic mass is 32.1. The highest BCUT2D eigenvalue weighted by molar-refractivity contribution is 7.26. The van der Waals surface area contributed by atoms with E-state index in [9.17, 15) is 0 Å². The topological polar surface area (TPSA) is 22.2 Å². The number of fused-ring (bicyclic) bond motifs is 12. The Balaban J connectivity index is 1.08. The van der Waals surface area contributed by atoms with Crippen LogP contribution in [0.5, 0.6) is 0 Å². The van der Waals surface area contributed by atoms with Gasteiger partial charge in [0.15, 0.2) is 0 Å². The number of rotatable bonds is 6. The molecule has 0 bridgehead atoms. The van der Waals surface area contributed by atoms with Gasteiger partial charge in [-0.3, -0.25) is 4.99 Å². The molecule has 0 unspecified atom stereocenters. The van der Waals surface area contributed by atoms with Gasteiger partial charge in [0.25, 0.3) is 0 Å². The first-order chi connectivity index (χ1) is 30.0. The minimum Gasteiger partial charge on any atom is -0.313 e. The number of benzene rings is 8. The Morgan fingerprint density at radius 3 is 1.43 bits per heavy atom. The lowest BCUT2D eigenvalue weighted by Crippen LogP contribution is -1.99. The van der Waals surface area contributed by atoms with E-state index in [1.807, 2.05) is 28.9 Å². The van der Waals surface area contributed by atoms with Crippen LogP contribution in [0.25, 0.3) is 118 Å². The summed E-state index contributed by atoms with van der Waals surface area (Å²) in [7, 11) is 0. The second-order valence-electron chi connectivity index (χ2n) is 16.2. The van der Waals surface area contributed by atoms with E-state index in [0.29, 0.717) is 0 Å². The van der Waals surface area contributed by atoms with E-state index in [0.717, 1.165) is 22.4 Å². The first-order valence-electron chi connectivity index (χ1n) is 20.7. The average molecular weight is 818 g/mol. The summed E-state index contributed by atoms with van der Waals surface area (Å²) in [4.78, 5) is 4.45. The number of aryl methyl sites for hydroxylation is 2. The monoisotopic (exact) mass is 817 g/mol. The second kappa shape index (κ2) is 13.7. The van der Waals surface area contributed by atoms with Crippen molar-refractivity contribution in [3.63, 3.8) is 0 Å². The van der Waals surface area contributed by atoms with Gasteiger partial charge in [0, 0.05) is 67.6 Å². The van der Waals surface area contributed by atoms with Crippen LogP contribution in [0.1, 0.15) is 18.1 Å². The molecule has 4 aromatic heterocycles. The van der Waals surface area contributed by atoms with Crippen LogP contribution in [0.4, 0.5) is 0 Å². The van der Waals surface area contributed by atoms with E-state index >= 15 is 0 Å². The smallest absolute Gasteiger partial charge is 0.0662 e. The van der Waals surface area contributed by atoms with Crippen molar-refractivity contribution >= 4 is 125 Å².